The molecule has 0 saturated heterocycles. The van der Waals surface area contributed by atoms with Gasteiger partial charge in [0.2, 0.25) is 0 Å². The predicted octanol–water partition coefficient (Wildman–Crippen LogP) is 17.6. The van der Waals surface area contributed by atoms with Gasteiger partial charge in [-0.2, -0.15) is 0 Å². The highest BCUT2D eigenvalue weighted by Gasteiger charge is 2.27. The summed E-state index contributed by atoms with van der Waals surface area (Å²) < 4.78 is 13.7. The minimum absolute atomic E-state index is 0.815. The first kappa shape index (κ1) is 38.4. The van der Waals surface area contributed by atoms with Gasteiger partial charge in [0, 0.05) is 43.9 Å². The molecule has 2 heterocycles. The lowest BCUT2D eigenvalue weighted by Crippen LogP contribution is -2.12. The Bertz CT molecular complexity index is 3610. The van der Waals surface area contributed by atoms with Crippen LogP contribution in [0.25, 0.3) is 71.5 Å². The number of furan rings is 2. The van der Waals surface area contributed by atoms with E-state index in [0.29, 0.717) is 0 Å². The van der Waals surface area contributed by atoms with Crippen molar-refractivity contribution in [3.63, 3.8) is 0 Å². The van der Waals surface area contributed by atoms with E-state index < -0.39 is 0 Å². The van der Waals surface area contributed by atoms with Gasteiger partial charge < -0.3 is 18.6 Å². The van der Waals surface area contributed by atoms with E-state index in [2.05, 4.69) is 207 Å². The van der Waals surface area contributed by atoms with Crippen LogP contribution in [0.3, 0.4) is 0 Å². The molecule has 0 fully saturated rings. The molecular formula is C59H48N2O2. The van der Waals surface area contributed by atoms with Crippen molar-refractivity contribution < 1.29 is 8.83 Å². The lowest BCUT2D eigenvalue weighted by atomic mass is 9.92. The summed E-state index contributed by atoms with van der Waals surface area (Å²) >= 11 is 0. The third kappa shape index (κ3) is 6.04. The number of hydrogen-bond donors (Lipinski definition) is 0. The maximum atomic E-state index is 6.85. The van der Waals surface area contributed by atoms with Crippen molar-refractivity contribution in [2.45, 2.75) is 48.0 Å². The summed E-state index contributed by atoms with van der Waals surface area (Å²) in [5.41, 5.74) is 17.1. The summed E-state index contributed by atoms with van der Waals surface area (Å²) in [6.45, 7) is 12.5. The van der Waals surface area contributed by atoms with Crippen LogP contribution in [0.15, 0.2) is 173 Å². The van der Waals surface area contributed by atoms with Crippen LogP contribution < -0.4 is 9.80 Å². The van der Waals surface area contributed by atoms with E-state index >= 15 is 0 Å². The molecular weight excluding hydrogens is 769 g/mol. The lowest BCUT2D eigenvalue weighted by Gasteiger charge is -2.29. The lowest BCUT2D eigenvalue weighted by molar-refractivity contribution is 0.665. The maximum Gasteiger partial charge on any atom is 0.159 e. The standard InChI is InChI=1S/C57H42N2O2.C2H6/c1-34-20-27-40(28-21-34)58(50-18-8-15-44-42-13-5-10-36(3)54(42)60-56(44)50)48-33-26-39-24-31-47-49(32-25-38-12-7-17-46(48)53(39)52(38)47)59(41-29-22-35(2)23-30-41)51-19-9-16-45-43-14-6-11-37(4)55(43)61-57(45)51;1-2/h5-11,13-33H,12H2,1-4H3;1-2H3. The number of benzene rings is 9. The Balaban J connectivity index is 0.00000219. The zero-order chi connectivity index (χ0) is 42.9. The van der Waals surface area contributed by atoms with Crippen LogP contribution in [0.1, 0.15) is 47.2 Å². The Hall–Kier alpha value is -7.56. The summed E-state index contributed by atoms with van der Waals surface area (Å²) in [6, 6.07) is 57.5. The smallest absolute Gasteiger partial charge is 0.159 e. The highest BCUT2D eigenvalue weighted by molar-refractivity contribution is 6.21. The van der Waals surface area contributed by atoms with Gasteiger partial charge in [-0.15, -0.1) is 0 Å². The number of aryl methyl sites for hydroxylation is 4. The van der Waals surface area contributed by atoms with Crippen molar-refractivity contribution in [3.8, 4) is 0 Å². The van der Waals surface area contributed by atoms with Gasteiger partial charge in [-0.3, -0.25) is 0 Å². The molecule has 11 aromatic rings. The van der Waals surface area contributed by atoms with Crippen molar-refractivity contribution in [2.24, 2.45) is 0 Å². The number of para-hydroxylation sites is 4. The van der Waals surface area contributed by atoms with Gasteiger partial charge >= 0.3 is 0 Å². The number of rotatable bonds is 6. The minimum Gasteiger partial charge on any atom is -0.454 e. The molecule has 9 aromatic carbocycles. The van der Waals surface area contributed by atoms with Crippen LogP contribution in [0.5, 0.6) is 0 Å². The summed E-state index contributed by atoms with van der Waals surface area (Å²) in [4.78, 5) is 4.80. The van der Waals surface area contributed by atoms with Crippen molar-refractivity contribution in [3.05, 3.63) is 197 Å². The molecule has 4 heteroatoms. The molecule has 63 heavy (non-hydrogen) atoms. The molecule has 0 bridgehead atoms. The second kappa shape index (κ2) is 15.1. The van der Waals surface area contributed by atoms with E-state index in [1.807, 2.05) is 13.8 Å². The molecule has 4 nitrogen and oxygen atoms in total. The van der Waals surface area contributed by atoms with Gasteiger partial charge in [0.25, 0.3) is 0 Å². The molecule has 1 aliphatic rings. The molecule has 2 aromatic heterocycles. The fourth-order valence-electron chi connectivity index (χ4n) is 9.81. The average Bonchev–Trinajstić information content (AvgIpc) is 3.84. The number of allylic oxidation sites excluding steroid dienone is 1. The Morgan fingerprint density at radius 2 is 0.873 bits per heavy atom. The molecule has 0 N–H and O–H groups in total. The number of hydrogen-bond acceptors (Lipinski definition) is 4. The molecule has 0 atom stereocenters. The summed E-state index contributed by atoms with van der Waals surface area (Å²) in [5, 5.41) is 9.39. The van der Waals surface area contributed by atoms with Gasteiger partial charge in [-0.25, -0.2) is 0 Å². The molecule has 0 radical (unpaired) electrons. The zero-order valence-electron chi connectivity index (χ0n) is 36.6. The second-order valence-electron chi connectivity index (χ2n) is 16.7. The average molecular weight is 817 g/mol. The highest BCUT2D eigenvalue weighted by atomic mass is 16.3. The third-order valence-corrected chi connectivity index (χ3v) is 12.8. The highest BCUT2D eigenvalue weighted by Crippen LogP contribution is 2.50. The molecule has 0 amide bonds. The van der Waals surface area contributed by atoms with Gasteiger partial charge in [0.15, 0.2) is 11.2 Å². The first-order chi connectivity index (χ1) is 30.9. The first-order valence-corrected chi connectivity index (χ1v) is 22.1. The number of nitrogens with zero attached hydrogens (tertiary/aromatic N) is 2. The largest absolute Gasteiger partial charge is 0.454 e. The minimum atomic E-state index is 0.815. The van der Waals surface area contributed by atoms with Gasteiger partial charge in [-0.1, -0.05) is 146 Å². The van der Waals surface area contributed by atoms with E-state index in [-0.39, 0.29) is 0 Å². The van der Waals surface area contributed by atoms with E-state index in [1.165, 1.54) is 43.8 Å². The quantitative estimate of drug-likeness (QED) is 0.157. The SMILES string of the molecule is CC.Cc1ccc(N(c2ccc3ccc4c(N(c5ccc(C)cc5)c5cccc6c5oc5c(C)cccc56)ccc5c4c3c2C=CC5)c2cccc3c2oc2c(C)cccc23)cc1. The van der Waals surface area contributed by atoms with Crippen molar-refractivity contribution in [1.82, 2.24) is 0 Å². The molecule has 0 unspecified atom stereocenters. The van der Waals surface area contributed by atoms with E-state index in [1.54, 1.807) is 0 Å². The first-order valence-electron chi connectivity index (χ1n) is 22.1. The normalized spacial score (nSPS) is 12.2. The topological polar surface area (TPSA) is 32.8 Å². The summed E-state index contributed by atoms with van der Waals surface area (Å²) in [5.74, 6) is 0. The predicted molar refractivity (Wildman–Crippen MR) is 268 cm³/mol. The molecule has 0 saturated carbocycles. The zero-order valence-corrected chi connectivity index (χ0v) is 36.6. The molecule has 0 aliphatic heterocycles. The summed E-state index contributed by atoms with van der Waals surface area (Å²) in [7, 11) is 0. The van der Waals surface area contributed by atoms with Crippen LogP contribution >= 0.6 is 0 Å². The Labute approximate surface area is 367 Å². The van der Waals surface area contributed by atoms with E-state index in [0.717, 1.165) is 95.5 Å². The molecule has 306 valence electrons. The van der Waals surface area contributed by atoms with Crippen LogP contribution in [0, 0.1) is 27.7 Å². The van der Waals surface area contributed by atoms with Gasteiger partial charge in [0.1, 0.15) is 11.2 Å². The Morgan fingerprint density at radius 1 is 0.397 bits per heavy atom. The Kier molecular flexibility index (Phi) is 9.20. The van der Waals surface area contributed by atoms with Gasteiger partial charge in [0.05, 0.1) is 22.7 Å². The fourth-order valence-corrected chi connectivity index (χ4v) is 9.81. The third-order valence-electron chi connectivity index (χ3n) is 12.8. The Morgan fingerprint density at radius 3 is 1.43 bits per heavy atom. The van der Waals surface area contributed by atoms with Gasteiger partial charge in [-0.05, 0) is 115 Å². The molecule has 1 aliphatic carbocycles. The fraction of sp³-hybridized carbons (Fsp3) is 0.119. The number of fused-ring (bicyclic) bond motifs is 6. The molecule has 12 rings (SSSR count). The second-order valence-corrected chi connectivity index (χ2v) is 16.7. The van der Waals surface area contributed by atoms with Crippen LogP contribution in [0.2, 0.25) is 0 Å². The van der Waals surface area contributed by atoms with Crippen LogP contribution in [-0.4, -0.2) is 0 Å². The van der Waals surface area contributed by atoms with E-state index in [4.69, 9.17) is 8.83 Å². The van der Waals surface area contributed by atoms with Crippen molar-refractivity contribution in [2.75, 3.05) is 9.80 Å². The van der Waals surface area contributed by atoms with Crippen molar-refractivity contribution in [1.29, 1.82) is 0 Å². The van der Waals surface area contributed by atoms with Crippen LogP contribution in [0.4, 0.5) is 34.1 Å². The number of anilines is 6. The monoisotopic (exact) mass is 816 g/mol. The van der Waals surface area contributed by atoms with Crippen LogP contribution in [-0.2, 0) is 6.42 Å². The maximum absolute atomic E-state index is 6.85. The summed E-state index contributed by atoms with van der Waals surface area (Å²) in [6.07, 6.45) is 5.49. The van der Waals surface area contributed by atoms with E-state index in [9.17, 15) is 0 Å². The molecule has 0 spiro atoms. The van der Waals surface area contributed by atoms with Crippen molar-refractivity contribution >= 4 is 106 Å².